The Bertz CT molecular complexity index is 686. The fourth-order valence-electron chi connectivity index (χ4n) is 1.81. The maximum absolute atomic E-state index is 11.0. The lowest BCUT2D eigenvalue weighted by Crippen LogP contribution is -2.10. The van der Waals surface area contributed by atoms with Gasteiger partial charge >= 0.3 is 0 Å². The molecular formula is C14H12BrN3O3. The van der Waals surface area contributed by atoms with Crippen LogP contribution in [-0.4, -0.2) is 10.8 Å². The molecule has 0 atom stereocenters. The summed E-state index contributed by atoms with van der Waals surface area (Å²) in [6.07, 6.45) is 0. The van der Waals surface area contributed by atoms with E-state index in [4.69, 9.17) is 5.73 Å². The van der Waals surface area contributed by atoms with E-state index in [0.29, 0.717) is 22.1 Å². The third-order valence-electron chi connectivity index (χ3n) is 2.90. The Kier molecular flexibility index (Phi) is 4.54. The van der Waals surface area contributed by atoms with Crippen LogP contribution in [0.1, 0.15) is 15.9 Å². The number of anilines is 1. The van der Waals surface area contributed by atoms with Crippen molar-refractivity contribution in [3.63, 3.8) is 0 Å². The van der Waals surface area contributed by atoms with E-state index >= 15 is 0 Å². The molecule has 2 rings (SSSR count). The molecule has 1 amide bonds. The number of nitrogens with one attached hydrogen (secondary N) is 1. The molecule has 0 aliphatic rings. The van der Waals surface area contributed by atoms with Crippen molar-refractivity contribution in [1.29, 1.82) is 0 Å². The van der Waals surface area contributed by atoms with Crippen molar-refractivity contribution < 1.29 is 9.72 Å². The highest BCUT2D eigenvalue weighted by molar-refractivity contribution is 9.10. The first kappa shape index (κ1) is 15.0. The number of hydrogen-bond acceptors (Lipinski definition) is 4. The Morgan fingerprint density at radius 3 is 2.48 bits per heavy atom. The molecule has 0 unspecified atom stereocenters. The van der Waals surface area contributed by atoms with Gasteiger partial charge in [-0.1, -0.05) is 15.9 Å². The van der Waals surface area contributed by atoms with E-state index < -0.39 is 10.8 Å². The summed E-state index contributed by atoms with van der Waals surface area (Å²) in [5, 5.41) is 14.1. The molecule has 21 heavy (non-hydrogen) atoms. The number of carbonyl (C=O) groups excluding carboxylic acids is 1. The molecule has 0 aliphatic carbocycles. The molecule has 0 radical (unpaired) electrons. The van der Waals surface area contributed by atoms with Crippen molar-refractivity contribution >= 4 is 33.2 Å². The molecule has 0 saturated carbocycles. The molecule has 6 nitrogen and oxygen atoms in total. The zero-order chi connectivity index (χ0) is 15.4. The maximum atomic E-state index is 11.0. The van der Waals surface area contributed by atoms with Crippen LogP contribution in [0.15, 0.2) is 46.9 Å². The Morgan fingerprint density at radius 1 is 1.24 bits per heavy atom. The lowest BCUT2D eigenvalue weighted by Gasteiger charge is -2.08. The first-order chi connectivity index (χ1) is 9.97. The van der Waals surface area contributed by atoms with Crippen LogP contribution in [0.5, 0.6) is 0 Å². The molecule has 108 valence electrons. The molecule has 2 aromatic carbocycles. The highest BCUT2D eigenvalue weighted by Crippen LogP contribution is 2.24. The summed E-state index contributed by atoms with van der Waals surface area (Å²) in [5.41, 5.74) is 6.94. The van der Waals surface area contributed by atoms with Crippen molar-refractivity contribution in [1.82, 2.24) is 0 Å². The average molecular weight is 350 g/mol. The smallest absolute Gasteiger partial charge is 0.275 e. The van der Waals surface area contributed by atoms with Crippen LogP contribution in [-0.2, 0) is 6.54 Å². The van der Waals surface area contributed by atoms with Gasteiger partial charge in [-0.15, -0.1) is 0 Å². The maximum Gasteiger partial charge on any atom is 0.275 e. The number of amides is 1. The Labute approximate surface area is 129 Å². The van der Waals surface area contributed by atoms with Gasteiger partial charge in [0.25, 0.3) is 5.69 Å². The second-order valence-corrected chi connectivity index (χ2v) is 5.24. The Balaban J connectivity index is 2.13. The summed E-state index contributed by atoms with van der Waals surface area (Å²) < 4.78 is 0.656. The number of benzene rings is 2. The summed E-state index contributed by atoms with van der Waals surface area (Å²) in [7, 11) is 0. The van der Waals surface area contributed by atoms with Gasteiger partial charge in [-0.05, 0) is 36.4 Å². The zero-order valence-electron chi connectivity index (χ0n) is 10.9. The number of rotatable bonds is 5. The number of nitro groups is 1. The third kappa shape index (κ3) is 3.79. The standard InChI is InChI=1S/C14H12BrN3O3/c15-11-4-1-10(13(7-11)18(20)21)8-17-12-5-2-9(3-6-12)14(16)19/h1-7,17H,8H2,(H2,16,19). The molecule has 0 spiro atoms. The highest BCUT2D eigenvalue weighted by atomic mass is 79.9. The minimum Gasteiger partial charge on any atom is -0.381 e. The number of nitrogens with two attached hydrogens (primary N) is 1. The summed E-state index contributed by atoms with van der Waals surface area (Å²) in [6, 6.07) is 11.5. The lowest BCUT2D eigenvalue weighted by molar-refractivity contribution is -0.385. The van der Waals surface area contributed by atoms with Gasteiger partial charge in [0.15, 0.2) is 0 Å². The van der Waals surface area contributed by atoms with Crippen molar-refractivity contribution in [2.75, 3.05) is 5.32 Å². The second kappa shape index (κ2) is 6.36. The van der Waals surface area contributed by atoms with Crippen LogP contribution in [0.2, 0.25) is 0 Å². The van der Waals surface area contributed by atoms with Gasteiger partial charge in [0.1, 0.15) is 0 Å². The van der Waals surface area contributed by atoms with E-state index in [1.54, 1.807) is 36.4 Å². The highest BCUT2D eigenvalue weighted by Gasteiger charge is 2.13. The van der Waals surface area contributed by atoms with Crippen molar-refractivity contribution in [2.24, 2.45) is 5.73 Å². The van der Waals surface area contributed by atoms with E-state index in [-0.39, 0.29) is 5.69 Å². The number of primary amides is 1. The van der Waals surface area contributed by atoms with Crippen LogP contribution in [0.4, 0.5) is 11.4 Å². The van der Waals surface area contributed by atoms with Gasteiger partial charge in [-0.3, -0.25) is 14.9 Å². The molecular weight excluding hydrogens is 338 g/mol. The number of halogens is 1. The molecule has 0 bridgehead atoms. The SMILES string of the molecule is NC(=O)c1ccc(NCc2ccc(Br)cc2[N+](=O)[O-])cc1. The van der Waals surface area contributed by atoms with Crippen molar-refractivity contribution in [2.45, 2.75) is 6.54 Å². The largest absolute Gasteiger partial charge is 0.381 e. The van der Waals surface area contributed by atoms with Gasteiger partial charge in [0.2, 0.25) is 5.91 Å². The van der Waals surface area contributed by atoms with E-state index in [1.165, 1.54) is 6.07 Å². The van der Waals surface area contributed by atoms with Gasteiger partial charge in [-0.2, -0.15) is 0 Å². The first-order valence-electron chi connectivity index (χ1n) is 6.04. The van der Waals surface area contributed by atoms with Crippen LogP contribution in [0.3, 0.4) is 0 Å². The van der Waals surface area contributed by atoms with E-state index in [2.05, 4.69) is 21.2 Å². The molecule has 0 saturated heterocycles. The molecule has 2 aromatic rings. The summed E-state index contributed by atoms with van der Waals surface area (Å²) in [4.78, 5) is 21.6. The van der Waals surface area contributed by atoms with Crippen LogP contribution < -0.4 is 11.1 Å². The van der Waals surface area contributed by atoms with Crippen LogP contribution >= 0.6 is 15.9 Å². The lowest BCUT2D eigenvalue weighted by atomic mass is 10.1. The fraction of sp³-hybridized carbons (Fsp3) is 0.0714. The third-order valence-corrected chi connectivity index (χ3v) is 3.39. The quantitative estimate of drug-likeness (QED) is 0.640. The summed E-state index contributed by atoms with van der Waals surface area (Å²) >= 11 is 3.21. The topological polar surface area (TPSA) is 98.3 Å². The molecule has 3 N–H and O–H groups in total. The van der Waals surface area contributed by atoms with Gasteiger partial charge < -0.3 is 11.1 Å². The normalized spacial score (nSPS) is 10.1. The van der Waals surface area contributed by atoms with Crippen LogP contribution in [0, 0.1) is 10.1 Å². The Hall–Kier alpha value is -2.41. The molecule has 0 aliphatic heterocycles. The minimum atomic E-state index is -0.495. The minimum absolute atomic E-state index is 0.0469. The van der Waals surface area contributed by atoms with Gasteiger partial charge in [0, 0.05) is 33.9 Å². The molecule has 0 aromatic heterocycles. The number of nitrogens with zero attached hydrogens (tertiary/aromatic N) is 1. The van der Waals surface area contributed by atoms with Crippen molar-refractivity contribution in [3.8, 4) is 0 Å². The average Bonchev–Trinajstić information content (AvgIpc) is 2.46. The van der Waals surface area contributed by atoms with Gasteiger partial charge in [-0.25, -0.2) is 0 Å². The Morgan fingerprint density at radius 2 is 1.90 bits per heavy atom. The molecule has 7 heteroatoms. The van der Waals surface area contributed by atoms with E-state index in [9.17, 15) is 14.9 Å². The number of nitro benzene ring substituents is 1. The number of hydrogen-bond donors (Lipinski definition) is 2. The monoisotopic (exact) mass is 349 g/mol. The fourth-order valence-corrected chi connectivity index (χ4v) is 2.16. The van der Waals surface area contributed by atoms with E-state index in [0.717, 1.165) is 5.69 Å². The zero-order valence-corrected chi connectivity index (χ0v) is 12.5. The van der Waals surface area contributed by atoms with E-state index in [1.807, 2.05) is 0 Å². The first-order valence-corrected chi connectivity index (χ1v) is 6.83. The van der Waals surface area contributed by atoms with Gasteiger partial charge in [0.05, 0.1) is 4.92 Å². The second-order valence-electron chi connectivity index (χ2n) is 4.33. The predicted octanol–water partition coefficient (Wildman–Crippen LogP) is 3.07. The molecule has 0 heterocycles. The molecule has 0 fully saturated rings. The summed E-state index contributed by atoms with van der Waals surface area (Å²) in [6.45, 7) is 0.305. The predicted molar refractivity (Wildman–Crippen MR) is 83.1 cm³/mol. The summed E-state index contributed by atoms with van der Waals surface area (Å²) in [5.74, 6) is -0.495. The number of carbonyl (C=O) groups is 1. The van der Waals surface area contributed by atoms with Crippen molar-refractivity contribution in [3.05, 3.63) is 68.2 Å². The van der Waals surface area contributed by atoms with Crippen LogP contribution in [0.25, 0.3) is 0 Å².